The molecule has 0 saturated carbocycles. The van der Waals surface area contributed by atoms with Crippen LogP contribution >= 0.6 is 27.5 Å². The fourth-order valence-electron chi connectivity index (χ4n) is 1.76. The van der Waals surface area contributed by atoms with Gasteiger partial charge in [-0.2, -0.15) is 4.98 Å². The third-order valence-electron chi connectivity index (χ3n) is 2.84. The topological polar surface area (TPSA) is 49.2 Å². The summed E-state index contributed by atoms with van der Waals surface area (Å²) in [5.41, 5.74) is -0.556. The molecule has 1 saturated heterocycles. The molecule has 88 valence electrons. The molecule has 16 heavy (non-hydrogen) atoms. The van der Waals surface area contributed by atoms with Gasteiger partial charge in [-0.1, -0.05) is 0 Å². The van der Waals surface area contributed by atoms with Crippen molar-refractivity contribution in [2.24, 2.45) is 0 Å². The Morgan fingerprint density at radius 2 is 2.12 bits per heavy atom. The van der Waals surface area contributed by atoms with Gasteiger partial charge >= 0.3 is 0 Å². The quantitative estimate of drug-likeness (QED) is 0.809. The van der Waals surface area contributed by atoms with Crippen molar-refractivity contribution in [3.63, 3.8) is 0 Å². The lowest BCUT2D eigenvalue weighted by atomic mass is 9.94. The van der Waals surface area contributed by atoms with Crippen LogP contribution in [0.15, 0.2) is 10.7 Å². The maximum atomic E-state index is 9.87. The molecule has 1 aromatic rings. The number of aliphatic hydroxyl groups is 1. The molecule has 2 rings (SSSR count). The van der Waals surface area contributed by atoms with Gasteiger partial charge in [0.15, 0.2) is 0 Å². The van der Waals surface area contributed by atoms with Gasteiger partial charge in [-0.3, -0.25) is 0 Å². The predicted molar refractivity (Wildman–Crippen MR) is 66.8 cm³/mol. The molecule has 0 aromatic carbocycles. The maximum Gasteiger partial charge on any atom is 0.224 e. The van der Waals surface area contributed by atoms with Gasteiger partial charge in [-0.25, -0.2) is 4.98 Å². The zero-order chi connectivity index (χ0) is 11.8. The lowest BCUT2D eigenvalue weighted by Crippen LogP contribution is -2.42. The van der Waals surface area contributed by atoms with E-state index in [4.69, 9.17) is 11.6 Å². The maximum absolute atomic E-state index is 9.87. The number of hydrogen-bond acceptors (Lipinski definition) is 4. The second-order valence-corrected chi connectivity index (χ2v) is 5.49. The Kier molecular flexibility index (Phi) is 3.37. The Labute approximate surface area is 108 Å². The minimum Gasteiger partial charge on any atom is -0.390 e. The van der Waals surface area contributed by atoms with Gasteiger partial charge < -0.3 is 10.0 Å². The van der Waals surface area contributed by atoms with E-state index in [0.717, 1.165) is 36.2 Å². The first-order chi connectivity index (χ1) is 7.48. The first kappa shape index (κ1) is 12.1. The Balaban J connectivity index is 2.17. The first-order valence-electron chi connectivity index (χ1n) is 5.13. The van der Waals surface area contributed by atoms with Crippen LogP contribution in [0.5, 0.6) is 0 Å². The van der Waals surface area contributed by atoms with Crippen molar-refractivity contribution in [3.8, 4) is 0 Å². The molecular weight excluding hydrogens is 293 g/mol. The van der Waals surface area contributed by atoms with Crippen LogP contribution in [0.4, 0.5) is 5.82 Å². The molecule has 1 aromatic heterocycles. The average Bonchev–Trinajstić information content (AvgIpc) is 2.22. The van der Waals surface area contributed by atoms with Crippen LogP contribution in [0.2, 0.25) is 5.28 Å². The van der Waals surface area contributed by atoms with E-state index in [1.54, 1.807) is 6.20 Å². The van der Waals surface area contributed by atoms with E-state index >= 15 is 0 Å². The van der Waals surface area contributed by atoms with Gasteiger partial charge in [-0.15, -0.1) is 0 Å². The van der Waals surface area contributed by atoms with Gasteiger partial charge in [0, 0.05) is 19.3 Å². The van der Waals surface area contributed by atoms with E-state index in [1.165, 1.54) is 0 Å². The number of anilines is 1. The molecule has 0 spiro atoms. The van der Waals surface area contributed by atoms with Crippen LogP contribution in [0.25, 0.3) is 0 Å². The molecule has 4 nitrogen and oxygen atoms in total. The Morgan fingerprint density at radius 1 is 1.50 bits per heavy atom. The second kappa shape index (κ2) is 4.47. The van der Waals surface area contributed by atoms with Crippen LogP contribution in [-0.2, 0) is 0 Å². The van der Waals surface area contributed by atoms with Crippen molar-refractivity contribution < 1.29 is 5.11 Å². The molecule has 0 bridgehead atoms. The van der Waals surface area contributed by atoms with E-state index in [0.29, 0.717) is 0 Å². The second-order valence-electron chi connectivity index (χ2n) is 4.29. The number of hydrogen-bond donors (Lipinski definition) is 1. The smallest absolute Gasteiger partial charge is 0.224 e. The fraction of sp³-hybridized carbons (Fsp3) is 0.600. The lowest BCUT2D eigenvalue weighted by Gasteiger charge is -2.36. The van der Waals surface area contributed by atoms with Crippen molar-refractivity contribution in [3.05, 3.63) is 16.0 Å². The van der Waals surface area contributed by atoms with Crippen molar-refractivity contribution in [1.82, 2.24) is 9.97 Å². The minimum absolute atomic E-state index is 0.246. The number of nitrogens with zero attached hydrogens (tertiary/aromatic N) is 3. The highest BCUT2D eigenvalue weighted by atomic mass is 79.9. The summed E-state index contributed by atoms with van der Waals surface area (Å²) >= 11 is 9.18. The van der Waals surface area contributed by atoms with Gasteiger partial charge in [-0.05, 0) is 47.3 Å². The summed E-state index contributed by atoms with van der Waals surface area (Å²) in [5.74, 6) is 0.801. The van der Waals surface area contributed by atoms with Gasteiger partial charge in [0.25, 0.3) is 0 Å². The normalized spacial score (nSPS) is 19.9. The molecule has 1 aliphatic heterocycles. The molecule has 1 aliphatic rings. The van der Waals surface area contributed by atoms with Crippen molar-refractivity contribution >= 4 is 33.3 Å². The minimum atomic E-state index is -0.556. The molecule has 1 N–H and O–H groups in total. The predicted octanol–water partition coefficient (Wildman–Crippen LogP) is 2.24. The van der Waals surface area contributed by atoms with E-state index < -0.39 is 5.60 Å². The zero-order valence-electron chi connectivity index (χ0n) is 8.95. The highest BCUT2D eigenvalue weighted by Gasteiger charge is 2.28. The number of halogens is 2. The summed E-state index contributed by atoms with van der Waals surface area (Å²) in [5, 5.41) is 10.1. The highest BCUT2D eigenvalue weighted by Crippen LogP contribution is 2.29. The molecule has 0 radical (unpaired) electrons. The zero-order valence-corrected chi connectivity index (χ0v) is 11.3. The molecule has 0 aliphatic carbocycles. The van der Waals surface area contributed by atoms with E-state index in [1.807, 2.05) is 6.92 Å². The lowest BCUT2D eigenvalue weighted by molar-refractivity contribution is 0.0350. The average molecular weight is 307 g/mol. The fourth-order valence-corrected chi connectivity index (χ4v) is 2.33. The molecule has 0 atom stereocenters. The van der Waals surface area contributed by atoms with Crippen molar-refractivity contribution in [2.45, 2.75) is 25.4 Å². The Hall–Kier alpha value is -0.390. The SMILES string of the molecule is CC1(O)CCN(c2nc(Cl)ncc2Br)CC1. The highest BCUT2D eigenvalue weighted by molar-refractivity contribution is 9.10. The van der Waals surface area contributed by atoms with E-state index in [-0.39, 0.29) is 5.28 Å². The van der Waals surface area contributed by atoms with Crippen LogP contribution in [-0.4, -0.2) is 33.8 Å². The number of piperidine rings is 1. The summed E-state index contributed by atoms with van der Waals surface area (Å²) < 4.78 is 0.832. The third kappa shape index (κ3) is 2.64. The van der Waals surface area contributed by atoms with Crippen LogP contribution in [0.3, 0.4) is 0 Å². The standard InChI is InChI=1S/C10H13BrClN3O/c1-10(16)2-4-15(5-3-10)8-7(11)6-13-9(12)14-8/h6,16H,2-5H2,1H3. The Morgan fingerprint density at radius 3 is 2.75 bits per heavy atom. The molecule has 0 amide bonds. The molecule has 2 heterocycles. The Bertz CT molecular complexity index is 390. The van der Waals surface area contributed by atoms with E-state index in [2.05, 4.69) is 30.8 Å². The van der Waals surface area contributed by atoms with Gasteiger partial charge in [0.05, 0.1) is 10.1 Å². The summed E-state index contributed by atoms with van der Waals surface area (Å²) in [6.07, 6.45) is 3.12. The van der Waals surface area contributed by atoms with Crippen LogP contribution in [0, 0.1) is 0 Å². The number of aromatic nitrogens is 2. The van der Waals surface area contributed by atoms with Gasteiger partial charge in [0.1, 0.15) is 5.82 Å². The summed E-state index contributed by atoms with van der Waals surface area (Å²) in [4.78, 5) is 10.2. The van der Waals surface area contributed by atoms with Gasteiger partial charge in [0.2, 0.25) is 5.28 Å². The van der Waals surface area contributed by atoms with Crippen LogP contribution in [0.1, 0.15) is 19.8 Å². The van der Waals surface area contributed by atoms with Crippen molar-refractivity contribution in [1.29, 1.82) is 0 Å². The molecular formula is C10H13BrClN3O. The summed E-state index contributed by atoms with van der Waals surface area (Å²) in [7, 11) is 0. The molecule has 0 unspecified atom stereocenters. The largest absolute Gasteiger partial charge is 0.390 e. The van der Waals surface area contributed by atoms with Crippen molar-refractivity contribution in [2.75, 3.05) is 18.0 Å². The number of rotatable bonds is 1. The first-order valence-corrected chi connectivity index (χ1v) is 6.30. The molecule has 1 fully saturated rings. The monoisotopic (exact) mass is 305 g/mol. The summed E-state index contributed by atoms with van der Waals surface area (Å²) in [6.45, 7) is 3.42. The summed E-state index contributed by atoms with van der Waals surface area (Å²) in [6, 6.07) is 0. The van der Waals surface area contributed by atoms with Crippen LogP contribution < -0.4 is 4.90 Å². The third-order valence-corrected chi connectivity index (χ3v) is 3.58. The van der Waals surface area contributed by atoms with E-state index in [9.17, 15) is 5.11 Å². The molecule has 6 heteroatoms.